The van der Waals surface area contributed by atoms with E-state index in [4.69, 9.17) is 19.3 Å². The molecule has 0 aliphatic carbocycles. The summed E-state index contributed by atoms with van der Waals surface area (Å²) in [4.78, 5) is 42.9. The van der Waals surface area contributed by atoms with Crippen LogP contribution in [0.15, 0.2) is 72.9 Å². The Morgan fingerprint density at radius 3 is 1.65 bits per heavy atom. The Balaban J connectivity index is 4.20. The molecule has 0 rings (SSSR count). The molecule has 10 nitrogen and oxygen atoms in total. The fraction of sp³-hybridized carbons (Fsp3) is 0.674. The molecule has 3 atom stereocenters. The molecule has 54 heavy (non-hydrogen) atoms. The first kappa shape index (κ1) is 51.4. The van der Waals surface area contributed by atoms with Gasteiger partial charge in [0.1, 0.15) is 6.61 Å². The molecule has 4 N–H and O–H groups in total. The molecule has 0 heterocycles. The van der Waals surface area contributed by atoms with Crippen LogP contribution in [0.4, 0.5) is 0 Å². The topological polar surface area (TPSA) is 160 Å². The molecule has 0 amide bonds. The summed E-state index contributed by atoms with van der Waals surface area (Å²) in [5.74, 6) is -1.19. The number of hydrogen-bond donors (Lipinski definition) is 4. The first-order valence-corrected chi connectivity index (χ1v) is 21.9. The summed E-state index contributed by atoms with van der Waals surface area (Å²) in [5, 5.41) is 20.5. The number of esters is 2. The first-order valence-electron chi connectivity index (χ1n) is 20.4. The molecule has 0 aliphatic heterocycles. The molecule has 0 fully saturated rings. The van der Waals surface area contributed by atoms with Crippen molar-refractivity contribution in [3.8, 4) is 0 Å². The van der Waals surface area contributed by atoms with Crippen LogP contribution >= 0.6 is 7.82 Å². The van der Waals surface area contributed by atoms with E-state index in [1.807, 2.05) is 18.2 Å². The minimum atomic E-state index is -4.83. The van der Waals surface area contributed by atoms with Crippen molar-refractivity contribution in [2.75, 3.05) is 13.2 Å². The maximum atomic E-state index is 12.4. The van der Waals surface area contributed by atoms with Gasteiger partial charge >= 0.3 is 19.8 Å². The largest absolute Gasteiger partial charge is 0.469 e. The van der Waals surface area contributed by atoms with Crippen LogP contribution in [0.3, 0.4) is 0 Å². The monoisotopic (exact) mass is 780 g/mol. The number of carbonyl (C=O) groups is 2. The molecule has 0 spiro atoms. The second kappa shape index (κ2) is 37.3. The number of unbranched alkanes of at least 4 members (excludes halogenated alkanes) is 10. The molecular formula is C43H73O10P. The molecule has 0 saturated carbocycles. The SMILES string of the molecule is CC/C=C\C/C=C\C/C=C\C/C=C\C[C@H](O)[C@@H](O)CCCC(=O)OC[C@H](COP(=O)(O)O)OC(=O)CCCCCCCCC/C=C\C/C=C\CCCCC. The van der Waals surface area contributed by atoms with E-state index in [2.05, 4.69) is 73.1 Å². The zero-order valence-electron chi connectivity index (χ0n) is 33.3. The van der Waals surface area contributed by atoms with Gasteiger partial charge in [-0.25, -0.2) is 4.57 Å². The normalized spacial score (nSPS) is 14.4. The summed E-state index contributed by atoms with van der Waals surface area (Å²) < 4.78 is 26.2. The predicted octanol–water partition coefficient (Wildman–Crippen LogP) is 10.2. The Labute approximate surface area is 326 Å². The van der Waals surface area contributed by atoms with Gasteiger partial charge in [0.25, 0.3) is 0 Å². The van der Waals surface area contributed by atoms with E-state index in [0.29, 0.717) is 6.42 Å². The summed E-state index contributed by atoms with van der Waals surface area (Å²) in [6.45, 7) is 3.27. The number of phosphoric acid groups is 1. The highest BCUT2D eigenvalue weighted by Gasteiger charge is 2.23. The fourth-order valence-electron chi connectivity index (χ4n) is 5.25. The summed E-state index contributed by atoms with van der Waals surface area (Å²) >= 11 is 0. The number of aliphatic hydroxyl groups excluding tert-OH is 2. The van der Waals surface area contributed by atoms with Crippen LogP contribution in [-0.2, 0) is 28.2 Å². The molecule has 310 valence electrons. The molecule has 0 unspecified atom stereocenters. The van der Waals surface area contributed by atoms with Crippen molar-refractivity contribution < 1.29 is 48.2 Å². The highest BCUT2D eigenvalue weighted by atomic mass is 31.2. The van der Waals surface area contributed by atoms with Crippen molar-refractivity contribution in [1.82, 2.24) is 0 Å². The maximum Gasteiger partial charge on any atom is 0.469 e. The Hall–Kier alpha value is -2.59. The summed E-state index contributed by atoms with van der Waals surface area (Å²) in [5.41, 5.74) is 0. The molecular weight excluding hydrogens is 707 g/mol. The average Bonchev–Trinajstić information content (AvgIpc) is 3.13. The number of aliphatic hydroxyl groups is 2. The second-order valence-corrected chi connectivity index (χ2v) is 14.8. The van der Waals surface area contributed by atoms with Crippen molar-refractivity contribution in [2.45, 2.75) is 173 Å². The zero-order chi connectivity index (χ0) is 40.0. The molecule has 11 heteroatoms. The lowest BCUT2D eigenvalue weighted by Crippen LogP contribution is -2.29. The molecule has 0 aromatic carbocycles. The molecule has 0 saturated heterocycles. The highest BCUT2D eigenvalue weighted by Crippen LogP contribution is 2.36. The minimum Gasteiger partial charge on any atom is -0.462 e. The van der Waals surface area contributed by atoms with Crippen LogP contribution in [0.2, 0.25) is 0 Å². The van der Waals surface area contributed by atoms with Gasteiger partial charge in [0.05, 0.1) is 18.8 Å². The third-order valence-electron chi connectivity index (χ3n) is 8.41. The van der Waals surface area contributed by atoms with Gasteiger partial charge in [-0.1, -0.05) is 132 Å². The lowest BCUT2D eigenvalue weighted by Gasteiger charge is -2.19. The fourth-order valence-corrected chi connectivity index (χ4v) is 5.61. The minimum absolute atomic E-state index is 0.0542. The van der Waals surface area contributed by atoms with Crippen molar-refractivity contribution in [2.24, 2.45) is 0 Å². The van der Waals surface area contributed by atoms with Gasteiger partial charge in [-0.3, -0.25) is 14.1 Å². The third kappa shape index (κ3) is 37.7. The van der Waals surface area contributed by atoms with E-state index in [-0.39, 0.29) is 32.1 Å². The lowest BCUT2D eigenvalue weighted by molar-refractivity contribution is -0.161. The Bertz CT molecular complexity index is 1140. The number of rotatable bonds is 36. The number of ether oxygens (including phenoxy) is 2. The van der Waals surface area contributed by atoms with Crippen LogP contribution in [0, 0.1) is 0 Å². The van der Waals surface area contributed by atoms with Gasteiger partial charge < -0.3 is 29.5 Å². The van der Waals surface area contributed by atoms with E-state index in [1.165, 1.54) is 38.5 Å². The van der Waals surface area contributed by atoms with E-state index >= 15 is 0 Å². The Morgan fingerprint density at radius 2 is 1.07 bits per heavy atom. The van der Waals surface area contributed by atoms with Crippen LogP contribution in [-0.4, -0.2) is 63.5 Å². The van der Waals surface area contributed by atoms with Gasteiger partial charge in [-0.05, 0) is 83.5 Å². The molecule has 0 aliphatic rings. The van der Waals surface area contributed by atoms with Crippen LogP contribution in [0.1, 0.15) is 155 Å². The average molecular weight is 781 g/mol. The van der Waals surface area contributed by atoms with E-state index in [1.54, 1.807) is 0 Å². The van der Waals surface area contributed by atoms with Crippen LogP contribution in [0.25, 0.3) is 0 Å². The quantitative estimate of drug-likeness (QED) is 0.0209. The van der Waals surface area contributed by atoms with Crippen molar-refractivity contribution >= 4 is 19.8 Å². The highest BCUT2D eigenvalue weighted by molar-refractivity contribution is 7.46. The summed E-state index contributed by atoms with van der Waals surface area (Å²) in [7, 11) is -4.83. The van der Waals surface area contributed by atoms with Gasteiger partial charge in [0.2, 0.25) is 0 Å². The summed E-state index contributed by atoms with van der Waals surface area (Å²) in [6.07, 6.45) is 40.8. The molecule has 0 aromatic rings. The Morgan fingerprint density at radius 1 is 0.574 bits per heavy atom. The van der Waals surface area contributed by atoms with E-state index in [0.717, 1.165) is 64.2 Å². The molecule has 0 radical (unpaired) electrons. The number of phosphoric ester groups is 1. The van der Waals surface area contributed by atoms with E-state index in [9.17, 15) is 24.4 Å². The van der Waals surface area contributed by atoms with Crippen molar-refractivity contribution in [3.63, 3.8) is 0 Å². The van der Waals surface area contributed by atoms with Crippen LogP contribution in [0.5, 0.6) is 0 Å². The Kier molecular flexibility index (Phi) is 35.5. The molecule has 0 bridgehead atoms. The number of carbonyl (C=O) groups excluding carboxylic acids is 2. The van der Waals surface area contributed by atoms with Crippen molar-refractivity contribution in [3.05, 3.63) is 72.9 Å². The first-order chi connectivity index (χ1) is 26.1. The smallest absolute Gasteiger partial charge is 0.462 e. The molecule has 0 aromatic heterocycles. The number of hydrogen-bond acceptors (Lipinski definition) is 8. The van der Waals surface area contributed by atoms with Crippen molar-refractivity contribution in [1.29, 1.82) is 0 Å². The number of allylic oxidation sites excluding steroid dienone is 11. The zero-order valence-corrected chi connectivity index (χ0v) is 34.2. The standard InChI is InChI=1S/C43H73O10P/c1-3-5-7-9-11-13-15-17-18-19-20-21-23-25-27-29-31-35-43(47)53-39(38-52-54(48,49)50)37-51-42(46)36-32-34-41(45)40(44)33-30-28-26-24-22-16-14-12-10-8-6-4-2/h6,8,11-14,17-18,22,24,28,30,39-41,44-45H,3-5,7,9-10,15-16,19-21,23,25-27,29,31-38H2,1-2H3,(H2,48,49,50)/b8-6-,13-11-,14-12-,18-17-,24-22-,30-28-/t39-,40+,41+/m1/s1. The summed E-state index contributed by atoms with van der Waals surface area (Å²) in [6, 6.07) is 0. The van der Waals surface area contributed by atoms with E-state index < -0.39 is 51.3 Å². The van der Waals surface area contributed by atoms with Gasteiger partial charge in [-0.2, -0.15) is 0 Å². The lowest BCUT2D eigenvalue weighted by atomic mass is 10.0. The van der Waals surface area contributed by atoms with Gasteiger partial charge in [0, 0.05) is 12.8 Å². The third-order valence-corrected chi connectivity index (χ3v) is 8.90. The second-order valence-electron chi connectivity index (χ2n) is 13.5. The maximum absolute atomic E-state index is 12.4. The predicted molar refractivity (Wildman–Crippen MR) is 219 cm³/mol. The van der Waals surface area contributed by atoms with Gasteiger partial charge in [-0.15, -0.1) is 0 Å². The van der Waals surface area contributed by atoms with Crippen LogP contribution < -0.4 is 0 Å². The van der Waals surface area contributed by atoms with Gasteiger partial charge in [0.15, 0.2) is 6.10 Å².